The molecule has 0 saturated heterocycles. The molecule has 1 aromatic heterocycles. The summed E-state index contributed by atoms with van der Waals surface area (Å²) in [5.41, 5.74) is 2.63. The molecule has 3 rings (SSSR count). The second-order valence-electron chi connectivity index (χ2n) is 5.55. The van der Waals surface area contributed by atoms with E-state index in [-0.39, 0.29) is 11.2 Å². The maximum Gasteiger partial charge on any atom is 0.163 e. The van der Waals surface area contributed by atoms with Gasteiger partial charge in [-0.25, -0.2) is 9.97 Å². The van der Waals surface area contributed by atoms with Crippen LogP contribution in [0.4, 0.5) is 0 Å². The van der Waals surface area contributed by atoms with Gasteiger partial charge in [-0.1, -0.05) is 36.8 Å². The van der Waals surface area contributed by atoms with Gasteiger partial charge < -0.3 is 0 Å². The Morgan fingerprint density at radius 1 is 1.20 bits per heavy atom. The van der Waals surface area contributed by atoms with Crippen molar-refractivity contribution >= 4 is 5.78 Å². The molecule has 0 unspecified atom stereocenters. The van der Waals surface area contributed by atoms with Crippen molar-refractivity contribution in [1.82, 2.24) is 9.97 Å². The minimum absolute atomic E-state index is 0.0245. The summed E-state index contributed by atoms with van der Waals surface area (Å²) in [6.07, 6.45) is 5.04. The molecular weight excluding hydrogens is 248 g/mol. The van der Waals surface area contributed by atoms with E-state index in [2.05, 4.69) is 34.2 Å². The molecule has 3 heteroatoms. The smallest absolute Gasteiger partial charge is 0.163 e. The highest BCUT2D eigenvalue weighted by atomic mass is 16.1. The molecule has 0 aliphatic heterocycles. The lowest BCUT2D eigenvalue weighted by Crippen LogP contribution is -2.37. The van der Waals surface area contributed by atoms with Crippen LogP contribution < -0.4 is 0 Å². The molecule has 0 N–H and O–H groups in total. The van der Waals surface area contributed by atoms with E-state index >= 15 is 0 Å². The van der Waals surface area contributed by atoms with E-state index in [0.717, 1.165) is 24.4 Å². The number of carbonyl (C=O) groups is 1. The summed E-state index contributed by atoms with van der Waals surface area (Å²) in [6, 6.07) is 10.5. The van der Waals surface area contributed by atoms with Crippen molar-refractivity contribution < 1.29 is 4.79 Å². The number of carbonyl (C=O) groups excluding carboxylic acids is 1. The van der Waals surface area contributed by atoms with Crippen molar-refractivity contribution in [2.75, 3.05) is 0 Å². The fourth-order valence-electron chi connectivity index (χ4n) is 2.97. The highest BCUT2D eigenvalue weighted by molar-refractivity contribution is 5.94. The zero-order valence-electron chi connectivity index (χ0n) is 11.9. The molecule has 1 fully saturated rings. The number of aryl methyl sites for hydroxylation is 1. The van der Waals surface area contributed by atoms with Crippen LogP contribution in [0.1, 0.15) is 53.6 Å². The van der Waals surface area contributed by atoms with E-state index in [4.69, 9.17) is 0 Å². The number of hydrogen-bond donors (Lipinski definition) is 0. The fourth-order valence-corrected chi connectivity index (χ4v) is 2.97. The predicted octanol–water partition coefficient (Wildman–Crippen LogP) is 3.46. The lowest BCUT2D eigenvalue weighted by atomic mass is 9.64. The van der Waals surface area contributed by atoms with Crippen LogP contribution in [0.25, 0.3) is 0 Å². The molecule has 1 heterocycles. The van der Waals surface area contributed by atoms with Gasteiger partial charge in [0, 0.05) is 6.20 Å². The van der Waals surface area contributed by atoms with Gasteiger partial charge in [0.05, 0.1) is 16.7 Å². The first-order valence-corrected chi connectivity index (χ1v) is 7.04. The molecule has 1 saturated carbocycles. The molecule has 1 aromatic carbocycles. The van der Waals surface area contributed by atoms with Gasteiger partial charge in [0.25, 0.3) is 0 Å². The number of benzene rings is 1. The van der Waals surface area contributed by atoms with Gasteiger partial charge >= 0.3 is 0 Å². The van der Waals surface area contributed by atoms with Crippen molar-refractivity contribution in [1.29, 1.82) is 0 Å². The number of aromatic nitrogens is 2. The maximum atomic E-state index is 11.5. The van der Waals surface area contributed by atoms with Gasteiger partial charge in [-0.3, -0.25) is 4.79 Å². The zero-order chi connectivity index (χ0) is 14.2. The average Bonchev–Trinajstić information content (AvgIpc) is 2.38. The SMILES string of the molecule is CC(=O)c1cnc(C2(c3ccccc3)CCC2)nc1C. The van der Waals surface area contributed by atoms with Gasteiger partial charge in [-0.2, -0.15) is 0 Å². The number of Topliss-reactive ketones (excluding diaryl/α,β-unsaturated/α-hetero) is 1. The van der Waals surface area contributed by atoms with Crippen LogP contribution in [0, 0.1) is 6.92 Å². The van der Waals surface area contributed by atoms with Crippen molar-refractivity contribution in [2.24, 2.45) is 0 Å². The molecule has 1 aliphatic rings. The van der Waals surface area contributed by atoms with Gasteiger partial charge in [0.15, 0.2) is 5.78 Å². The number of ketones is 1. The Morgan fingerprint density at radius 2 is 1.90 bits per heavy atom. The maximum absolute atomic E-state index is 11.5. The molecule has 0 radical (unpaired) electrons. The van der Waals surface area contributed by atoms with Crippen LogP contribution >= 0.6 is 0 Å². The van der Waals surface area contributed by atoms with Crippen LogP contribution in [0.2, 0.25) is 0 Å². The molecule has 0 bridgehead atoms. The fraction of sp³-hybridized carbons (Fsp3) is 0.353. The minimum atomic E-state index is -0.0542. The van der Waals surface area contributed by atoms with Crippen LogP contribution in [0.3, 0.4) is 0 Å². The summed E-state index contributed by atoms with van der Waals surface area (Å²) in [6.45, 7) is 3.45. The molecule has 0 atom stereocenters. The Morgan fingerprint density at radius 3 is 2.40 bits per heavy atom. The van der Waals surface area contributed by atoms with E-state index in [1.165, 1.54) is 12.0 Å². The summed E-state index contributed by atoms with van der Waals surface area (Å²) in [7, 11) is 0. The first kappa shape index (κ1) is 13.0. The lowest BCUT2D eigenvalue weighted by molar-refractivity contribution is 0.101. The average molecular weight is 266 g/mol. The summed E-state index contributed by atoms with van der Waals surface area (Å²) >= 11 is 0. The van der Waals surface area contributed by atoms with E-state index in [9.17, 15) is 4.79 Å². The van der Waals surface area contributed by atoms with E-state index in [0.29, 0.717) is 5.56 Å². The Balaban J connectivity index is 2.07. The highest BCUT2D eigenvalue weighted by Crippen LogP contribution is 2.47. The third kappa shape index (κ3) is 1.94. The molecule has 3 nitrogen and oxygen atoms in total. The highest BCUT2D eigenvalue weighted by Gasteiger charge is 2.43. The molecule has 0 spiro atoms. The van der Waals surface area contributed by atoms with Gasteiger partial charge in [0.2, 0.25) is 0 Å². The van der Waals surface area contributed by atoms with Crippen LogP contribution in [-0.2, 0) is 5.41 Å². The van der Waals surface area contributed by atoms with Crippen LogP contribution in [0.5, 0.6) is 0 Å². The number of rotatable bonds is 3. The number of nitrogens with zero attached hydrogens (tertiary/aromatic N) is 2. The third-order valence-electron chi connectivity index (χ3n) is 4.32. The Hall–Kier alpha value is -2.03. The number of hydrogen-bond acceptors (Lipinski definition) is 3. The standard InChI is InChI=1S/C17H18N2O/c1-12-15(13(2)20)11-18-16(19-12)17(9-6-10-17)14-7-4-3-5-8-14/h3-5,7-8,11H,6,9-10H2,1-2H3. The molecular formula is C17H18N2O. The molecule has 0 amide bonds. The third-order valence-corrected chi connectivity index (χ3v) is 4.32. The quantitative estimate of drug-likeness (QED) is 0.799. The second kappa shape index (κ2) is 4.82. The first-order valence-electron chi connectivity index (χ1n) is 7.04. The topological polar surface area (TPSA) is 42.9 Å². The van der Waals surface area contributed by atoms with Gasteiger partial charge in [0.1, 0.15) is 5.82 Å². The zero-order valence-corrected chi connectivity index (χ0v) is 11.9. The summed E-state index contributed by atoms with van der Waals surface area (Å²) in [5, 5.41) is 0. The molecule has 2 aromatic rings. The van der Waals surface area contributed by atoms with Crippen molar-refractivity contribution in [2.45, 2.75) is 38.5 Å². The first-order chi connectivity index (χ1) is 9.63. The lowest BCUT2D eigenvalue weighted by Gasteiger charge is -2.41. The van der Waals surface area contributed by atoms with Gasteiger partial charge in [-0.15, -0.1) is 0 Å². The van der Waals surface area contributed by atoms with E-state index in [1.54, 1.807) is 13.1 Å². The summed E-state index contributed by atoms with van der Waals surface area (Å²) < 4.78 is 0. The Kier molecular flexibility index (Phi) is 3.13. The van der Waals surface area contributed by atoms with Crippen molar-refractivity contribution in [3.63, 3.8) is 0 Å². The Bertz CT molecular complexity index is 645. The second-order valence-corrected chi connectivity index (χ2v) is 5.55. The minimum Gasteiger partial charge on any atom is -0.294 e. The molecule has 1 aliphatic carbocycles. The molecule has 102 valence electrons. The largest absolute Gasteiger partial charge is 0.294 e. The summed E-state index contributed by atoms with van der Waals surface area (Å²) in [5.74, 6) is 0.883. The Labute approximate surface area is 119 Å². The monoisotopic (exact) mass is 266 g/mol. The van der Waals surface area contributed by atoms with E-state index in [1.807, 2.05) is 13.0 Å². The van der Waals surface area contributed by atoms with Gasteiger partial charge in [-0.05, 0) is 32.3 Å². The molecule has 20 heavy (non-hydrogen) atoms. The van der Waals surface area contributed by atoms with Crippen LogP contribution in [0.15, 0.2) is 36.5 Å². The van der Waals surface area contributed by atoms with Crippen LogP contribution in [-0.4, -0.2) is 15.8 Å². The van der Waals surface area contributed by atoms with Crippen molar-refractivity contribution in [3.8, 4) is 0 Å². The van der Waals surface area contributed by atoms with Crippen molar-refractivity contribution in [3.05, 3.63) is 59.2 Å². The normalized spacial score (nSPS) is 16.5. The summed E-state index contributed by atoms with van der Waals surface area (Å²) in [4.78, 5) is 20.6. The van der Waals surface area contributed by atoms with E-state index < -0.39 is 0 Å². The predicted molar refractivity (Wildman–Crippen MR) is 77.8 cm³/mol.